The molecule has 1 saturated heterocycles. The Morgan fingerprint density at radius 3 is 2.47 bits per heavy atom. The SMILES string of the molecule is COCCN1CCC(CCN(C)C)CC1. The van der Waals surface area contributed by atoms with Crippen molar-refractivity contribution in [2.75, 3.05) is 54.0 Å². The zero-order valence-corrected chi connectivity index (χ0v) is 10.5. The zero-order valence-electron chi connectivity index (χ0n) is 10.5. The predicted molar refractivity (Wildman–Crippen MR) is 64.2 cm³/mol. The Hall–Kier alpha value is -0.120. The number of hydrogen-bond acceptors (Lipinski definition) is 3. The zero-order chi connectivity index (χ0) is 11.1. The van der Waals surface area contributed by atoms with Crippen molar-refractivity contribution in [1.29, 1.82) is 0 Å². The Morgan fingerprint density at radius 2 is 1.93 bits per heavy atom. The summed E-state index contributed by atoms with van der Waals surface area (Å²) in [5.74, 6) is 0.950. The van der Waals surface area contributed by atoms with E-state index in [-0.39, 0.29) is 0 Å². The molecule has 3 heteroatoms. The fourth-order valence-corrected chi connectivity index (χ4v) is 2.16. The van der Waals surface area contributed by atoms with Crippen molar-refractivity contribution in [3.8, 4) is 0 Å². The van der Waals surface area contributed by atoms with Crippen LogP contribution in [0.5, 0.6) is 0 Å². The van der Waals surface area contributed by atoms with Crippen molar-refractivity contribution in [2.24, 2.45) is 5.92 Å². The van der Waals surface area contributed by atoms with Crippen LogP contribution >= 0.6 is 0 Å². The lowest BCUT2D eigenvalue weighted by molar-refractivity contribution is 0.116. The third-order valence-corrected chi connectivity index (χ3v) is 3.30. The molecule has 0 aliphatic carbocycles. The number of ether oxygens (including phenoxy) is 1. The van der Waals surface area contributed by atoms with E-state index in [2.05, 4.69) is 23.9 Å². The molecule has 0 aromatic heterocycles. The lowest BCUT2D eigenvalue weighted by atomic mass is 9.93. The second kappa shape index (κ2) is 7.20. The molecule has 0 radical (unpaired) electrons. The summed E-state index contributed by atoms with van der Waals surface area (Å²) >= 11 is 0. The summed E-state index contributed by atoms with van der Waals surface area (Å²) in [6, 6.07) is 0. The highest BCUT2D eigenvalue weighted by molar-refractivity contribution is 4.72. The van der Waals surface area contributed by atoms with Crippen molar-refractivity contribution >= 4 is 0 Å². The van der Waals surface area contributed by atoms with Crippen molar-refractivity contribution in [2.45, 2.75) is 19.3 Å². The van der Waals surface area contributed by atoms with E-state index >= 15 is 0 Å². The minimum atomic E-state index is 0.877. The molecule has 0 atom stereocenters. The number of nitrogens with zero attached hydrogens (tertiary/aromatic N) is 2. The molecule has 1 fully saturated rings. The lowest BCUT2D eigenvalue weighted by Gasteiger charge is -2.32. The van der Waals surface area contributed by atoms with Crippen LogP contribution < -0.4 is 0 Å². The van der Waals surface area contributed by atoms with Gasteiger partial charge in [0.05, 0.1) is 6.61 Å². The van der Waals surface area contributed by atoms with E-state index in [1.165, 1.54) is 38.9 Å². The number of rotatable bonds is 6. The monoisotopic (exact) mass is 214 g/mol. The Labute approximate surface area is 94.4 Å². The van der Waals surface area contributed by atoms with Gasteiger partial charge in [-0.15, -0.1) is 0 Å². The van der Waals surface area contributed by atoms with Crippen LogP contribution in [-0.4, -0.2) is 63.8 Å². The van der Waals surface area contributed by atoms with Gasteiger partial charge in [0.1, 0.15) is 0 Å². The minimum Gasteiger partial charge on any atom is -0.383 e. The molecule has 0 unspecified atom stereocenters. The molecule has 0 bridgehead atoms. The standard InChI is InChI=1S/C12H26N2O/c1-13(2)7-4-12-5-8-14(9-6-12)10-11-15-3/h12H,4-11H2,1-3H3. The first-order valence-electron chi connectivity index (χ1n) is 6.08. The largest absolute Gasteiger partial charge is 0.383 e. The molecule has 15 heavy (non-hydrogen) atoms. The van der Waals surface area contributed by atoms with Crippen molar-refractivity contribution < 1.29 is 4.74 Å². The topological polar surface area (TPSA) is 15.7 Å². The number of likely N-dealkylation sites (tertiary alicyclic amines) is 1. The third kappa shape index (κ3) is 5.50. The molecule has 90 valence electrons. The summed E-state index contributed by atoms with van der Waals surface area (Å²) in [5.41, 5.74) is 0. The maximum Gasteiger partial charge on any atom is 0.0589 e. The molecule has 0 N–H and O–H groups in total. The Morgan fingerprint density at radius 1 is 1.27 bits per heavy atom. The van der Waals surface area contributed by atoms with Crippen LogP contribution in [0.1, 0.15) is 19.3 Å². The lowest BCUT2D eigenvalue weighted by Crippen LogP contribution is -2.36. The first-order chi connectivity index (χ1) is 7.22. The second-order valence-corrected chi connectivity index (χ2v) is 4.87. The van der Waals surface area contributed by atoms with Crippen molar-refractivity contribution in [3.63, 3.8) is 0 Å². The van der Waals surface area contributed by atoms with E-state index < -0.39 is 0 Å². The van der Waals surface area contributed by atoms with Crippen LogP contribution in [0.2, 0.25) is 0 Å². The van der Waals surface area contributed by atoms with Crippen LogP contribution in [0.15, 0.2) is 0 Å². The molecule has 0 spiro atoms. The van der Waals surface area contributed by atoms with E-state index in [9.17, 15) is 0 Å². The number of piperidine rings is 1. The summed E-state index contributed by atoms with van der Waals surface area (Å²) in [6.07, 6.45) is 4.11. The van der Waals surface area contributed by atoms with Crippen LogP contribution in [0.4, 0.5) is 0 Å². The average Bonchev–Trinajstić information content (AvgIpc) is 2.25. The average molecular weight is 214 g/mol. The molecule has 3 nitrogen and oxygen atoms in total. The number of methoxy groups -OCH3 is 1. The highest BCUT2D eigenvalue weighted by atomic mass is 16.5. The summed E-state index contributed by atoms with van der Waals surface area (Å²) in [6.45, 7) is 5.75. The van der Waals surface area contributed by atoms with Gasteiger partial charge in [-0.2, -0.15) is 0 Å². The Balaban J connectivity index is 2.07. The van der Waals surface area contributed by atoms with Gasteiger partial charge >= 0.3 is 0 Å². The molecule has 0 aromatic carbocycles. The van der Waals surface area contributed by atoms with Gasteiger partial charge in [0.2, 0.25) is 0 Å². The molecular weight excluding hydrogens is 188 g/mol. The van der Waals surface area contributed by atoms with Gasteiger partial charge in [0.15, 0.2) is 0 Å². The van der Waals surface area contributed by atoms with Gasteiger partial charge < -0.3 is 14.5 Å². The molecule has 0 saturated carbocycles. The quantitative estimate of drug-likeness (QED) is 0.663. The van der Waals surface area contributed by atoms with E-state index in [0.717, 1.165) is 19.1 Å². The van der Waals surface area contributed by atoms with E-state index in [1.807, 2.05) is 0 Å². The summed E-state index contributed by atoms with van der Waals surface area (Å²) in [4.78, 5) is 4.81. The maximum atomic E-state index is 5.10. The molecule has 1 heterocycles. The molecule has 0 aromatic rings. The van der Waals surface area contributed by atoms with Gasteiger partial charge in [0.25, 0.3) is 0 Å². The summed E-state index contributed by atoms with van der Waals surface area (Å²) in [5, 5.41) is 0. The van der Waals surface area contributed by atoms with E-state index in [1.54, 1.807) is 7.11 Å². The number of hydrogen-bond donors (Lipinski definition) is 0. The second-order valence-electron chi connectivity index (χ2n) is 4.87. The van der Waals surface area contributed by atoms with Gasteiger partial charge in [-0.05, 0) is 58.9 Å². The summed E-state index contributed by atoms with van der Waals surface area (Å²) in [7, 11) is 6.10. The summed E-state index contributed by atoms with van der Waals surface area (Å²) < 4.78 is 5.10. The highest BCUT2D eigenvalue weighted by Crippen LogP contribution is 2.20. The molecular formula is C12H26N2O. The first-order valence-corrected chi connectivity index (χ1v) is 6.08. The van der Waals surface area contributed by atoms with Crippen LogP contribution in [0, 0.1) is 5.92 Å². The minimum absolute atomic E-state index is 0.877. The van der Waals surface area contributed by atoms with Gasteiger partial charge in [-0.1, -0.05) is 0 Å². The highest BCUT2D eigenvalue weighted by Gasteiger charge is 2.18. The normalized spacial score (nSPS) is 20.0. The molecule has 0 amide bonds. The van der Waals surface area contributed by atoms with E-state index in [0.29, 0.717) is 0 Å². The fraction of sp³-hybridized carbons (Fsp3) is 1.00. The van der Waals surface area contributed by atoms with Gasteiger partial charge in [0, 0.05) is 13.7 Å². The van der Waals surface area contributed by atoms with Crippen molar-refractivity contribution in [1.82, 2.24) is 9.80 Å². The Kier molecular flexibility index (Phi) is 6.22. The van der Waals surface area contributed by atoms with Gasteiger partial charge in [-0.25, -0.2) is 0 Å². The fourth-order valence-electron chi connectivity index (χ4n) is 2.16. The van der Waals surface area contributed by atoms with Crippen LogP contribution in [-0.2, 0) is 4.74 Å². The van der Waals surface area contributed by atoms with Crippen LogP contribution in [0.25, 0.3) is 0 Å². The van der Waals surface area contributed by atoms with Gasteiger partial charge in [-0.3, -0.25) is 0 Å². The van der Waals surface area contributed by atoms with Crippen LogP contribution in [0.3, 0.4) is 0 Å². The first kappa shape index (κ1) is 12.9. The van der Waals surface area contributed by atoms with E-state index in [4.69, 9.17) is 4.74 Å². The third-order valence-electron chi connectivity index (χ3n) is 3.30. The predicted octanol–water partition coefficient (Wildman–Crippen LogP) is 1.30. The molecule has 1 aliphatic heterocycles. The van der Waals surface area contributed by atoms with Crippen molar-refractivity contribution in [3.05, 3.63) is 0 Å². The molecule has 1 aliphatic rings. The Bertz CT molecular complexity index is 154. The maximum absolute atomic E-state index is 5.10. The smallest absolute Gasteiger partial charge is 0.0589 e. The molecule has 1 rings (SSSR count).